The van der Waals surface area contributed by atoms with Gasteiger partial charge in [0.1, 0.15) is 17.8 Å². The van der Waals surface area contributed by atoms with E-state index in [1.807, 2.05) is 17.7 Å². The van der Waals surface area contributed by atoms with Crippen LogP contribution in [0.1, 0.15) is 59.1 Å². The molecule has 0 amide bonds. The normalized spacial score (nSPS) is 18.0. The SMILES string of the molecule is CCc1cccc(Cn2nc(C(=O)c3cncnc3NC3CCC(COS(N)(=O)=O)C3)cc2C)c1. The van der Waals surface area contributed by atoms with E-state index in [2.05, 4.69) is 45.5 Å². The van der Waals surface area contributed by atoms with Crippen LogP contribution >= 0.6 is 0 Å². The summed E-state index contributed by atoms with van der Waals surface area (Å²) in [6.45, 7) is 4.67. The second-order valence-electron chi connectivity index (χ2n) is 8.91. The lowest BCUT2D eigenvalue weighted by molar-refractivity contribution is 0.103. The molecule has 1 fully saturated rings. The summed E-state index contributed by atoms with van der Waals surface area (Å²) in [4.78, 5) is 21.7. The predicted octanol–water partition coefficient (Wildman–Crippen LogP) is 2.62. The molecule has 1 aliphatic rings. The Morgan fingerprint density at radius 1 is 1.26 bits per heavy atom. The van der Waals surface area contributed by atoms with Crippen LogP contribution in [0.15, 0.2) is 42.9 Å². The lowest BCUT2D eigenvalue weighted by Gasteiger charge is -2.15. The number of aryl methyl sites for hydroxylation is 2. The van der Waals surface area contributed by atoms with Crippen LogP contribution in [0.25, 0.3) is 0 Å². The number of anilines is 1. The van der Waals surface area contributed by atoms with Gasteiger partial charge < -0.3 is 5.32 Å². The lowest BCUT2D eigenvalue weighted by atomic mass is 10.1. The molecule has 0 aliphatic heterocycles. The van der Waals surface area contributed by atoms with Gasteiger partial charge in [0.15, 0.2) is 0 Å². The van der Waals surface area contributed by atoms with Crippen molar-refractivity contribution in [3.05, 3.63) is 70.9 Å². The Balaban J connectivity index is 1.46. The summed E-state index contributed by atoms with van der Waals surface area (Å²) in [6, 6.07) is 10.1. The molecule has 2 heterocycles. The van der Waals surface area contributed by atoms with Crippen LogP contribution in [0.4, 0.5) is 5.82 Å². The minimum atomic E-state index is -3.96. The number of aromatic nitrogens is 4. The maximum Gasteiger partial charge on any atom is 0.333 e. The first-order valence-corrected chi connectivity index (χ1v) is 13.1. The van der Waals surface area contributed by atoms with Crippen molar-refractivity contribution >= 4 is 21.9 Å². The first kappa shape index (κ1) is 25.0. The Morgan fingerprint density at radius 3 is 2.83 bits per heavy atom. The maximum atomic E-state index is 13.3. The molecule has 1 aliphatic carbocycles. The minimum absolute atomic E-state index is 0.0238. The van der Waals surface area contributed by atoms with Crippen molar-refractivity contribution in [2.75, 3.05) is 11.9 Å². The smallest absolute Gasteiger partial charge is 0.333 e. The molecule has 2 aromatic heterocycles. The van der Waals surface area contributed by atoms with Crippen molar-refractivity contribution in [1.82, 2.24) is 19.7 Å². The highest BCUT2D eigenvalue weighted by Crippen LogP contribution is 2.29. The molecule has 10 nitrogen and oxygen atoms in total. The number of benzene rings is 1. The minimum Gasteiger partial charge on any atom is -0.367 e. The molecule has 1 aromatic carbocycles. The summed E-state index contributed by atoms with van der Waals surface area (Å²) < 4.78 is 28.7. The highest BCUT2D eigenvalue weighted by molar-refractivity contribution is 7.84. The van der Waals surface area contributed by atoms with E-state index in [0.717, 1.165) is 30.5 Å². The van der Waals surface area contributed by atoms with E-state index in [1.165, 1.54) is 18.1 Å². The first-order chi connectivity index (χ1) is 16.7. The zero-order chi connectivity index (χ0) is 25.0. The van der Waals surface area contributed by atoms with Crippen LogP contribution in [0.5, 0.6) is 0 Å². The van der Waals surface area contributed by atoms with Gasteiger partial charge in [-0.15, -0.1) is 0 Å². The topological polar surface area (TPSA) is 142 Å². The lowest BCUT2D eigenvalue weighted by Crippen LogP contribution is -2.22. The zero-order valence-corrected chi connectivity index (χ0v) is 20.7. The number of rotatable bonds is 10. The molecular weight excluding hydrogens is 468 g/mol. The van der Waals surface area contributed by atoms with Gasteiger partial charge in [-0.3, -0.25) is 13.7 Å². The quantitative estimate of drug-likeness (QED) is 0.406. The molecule has 0 bridgehead atoms. The van der Waals surface area contributed by atoms with Gasteiger partial charge in [-0.2, -0.15) is 13.5 Å². The standard InChI is InChI=1S/C24H30N6O4S/c1-3-17-5-4-6-18(10-17)13-30-16(2)9-22(29-30)23(31)21-12-26-15-27-24(21)28-20-8-7-19(11-20)14-34-35(25,32)33/h4-6,9-10,12,15,19-20H,3,7-8,11,13-14H2,1-2H3,(H2,25,32,33)(H,26,27,28). The Hall–Kier alpha value is -3.15. The van der Waals surface area contributed by atoms with Gasteiger partial charge in [0.2, 0.25) is 5.78 Å². The van der Waals surface area contributed by atoms with Crippen molar-refractivity contribution < 1.29 is 17.4 Å². The van der Waals surface area contributed by atoms with E-state index in [0.29, 0.717) is 30.0 Å². The monoisotopic (exact) mass is 498 g/mol. The molecule has 186 valence electrons. The molecule has 11 heteroatoms. The molecule has 0 spiro atoms. The summed E-state index contributed by atoms with van der Waals surface area (Å²) in [5.74, 6) is 0.228. The van der Waals surface area contributed by atoms with E-state index < -0.39 is 10.3 Å². The number of nitrogens with zero attached hydrogens (tertiary/aromatic N) is 4. The Morgan fingerprint density at radius 2 is 2.06 bits per heavy atom. The van der Waals surface area contributed by atoms with E-state index in [4.69, 9.17) is 9.32 Å². The van der Waals surface area contributed by atoms with E-state index in [9.17, 15) is 13.2 Å². The molecule has 1 saturated carbocycles. The first-order valence-electron chi connectivity index (χ1n) is 11.6. The summed E-state index contributed by atoms with van der Waals surface area (Å²) in [5, 5.41) is 12.8. The highest BCUT2D eigenvalue weighted by atomic mass is 32.2. The van der Waals surface area contributed by atoms with Crippen molar-refractivity contribution in [1.29, 1.82) is 0 Å². The second kappa shape index (κ2) is 10.6. The van der Waals surface area contributed by atoms with Crippen molar-refractivity contribution in [2.24, 2.45) is 11.1 Å². The van der Waals surface area contributed by atoms with E-state index in [-0.39, 0.29) is 24.3 Å². The van der Waals surface area contributed by atoms with E-state index in [1.54, 1.807) is 6.07 Å². The third kappa shape index (κ3) is 6.50. The molecular formula is C24H30N6O4S. The molecule has 35 heavy (non-hydrogen) atoms. The maximum absolute atomic E-state index is 13.3. The second-order valence-corrected chi connectivity index (χ2v) is 10.1. The number of hydrogen-bond donors (Lipinski definition) is 2. The number of carbonyl (C=O) groups excluding carboxylic acids is 1. The van der Waals surface area contributed by atoms with E-state index >= 15 is 0 Å². The number of nitrogens with two attached hydrogens (primary N) is 1. The van der Waals surface area contributed by atoms with Gasteiger partial charge in [-0.05, 0) is 55.7 Å². The molecule has 0 radical (unpaired) electrons. The Bertz CT molecular complexity index is 1310. The van der Waals surface area contributed by atoms with Gasteiger partial charge >= 0.3 is 10.3 Å². The zero-order valence-electron chi connectivity index (χ0n) is 19.8. The van der Waals surface area contributed by atoms with Gasteiger partial charge in [-0.25, -0.2) is 15.1 Å². The van der Waals surface area contributed by atoms with Crippen LogP contribution in [0.3, 0.4) is 0 Å². The molecule has 3 N–H and O–H groups in total. The summed E-state index contributed by atoms with van der Waals surface area (Å²) in [5.41, 5.74) is 3.94. The number of nitrogens with one attached hydrogen (secondary N) is 1. The summed E-state index contributed by atoms with van der Waals surface area (Å²) in [6.07, 6.45) is 6.09. The molecule has 3 aromatic rings. The van der Waals surface area contributed by atoms with Crippen LogP contribution in [0.2, 0.25) is 0 Å². The Labute approximate surface area is 205 Å². The number of hydrogen-bond acceptors (Lipinski definition) is 8. The molecule has 4 rings (SSSR count). The summed E-state index contributed by atoms with van der Waals surface area (Å²) in [7, 11) is -3.96. The average molecular weight is 499 g/mol. The fourth-order valence-electron chi connectivity index (χ4n) is 4.39. The fourth-order valence-corrected chi connectivity index (χ4v) is 4.77. The molecule has 2 unspecified atom stereocenters. The van der Waals surface area contributed by atoms with Crippen LogP contribution in [0, 0.1) is 12.8 Å². The number of carbonyl (C=O) groups is 1. The Kier molecular flexibility index (Phi) is 7.58. The van der Waals surface area contributed by atoms with Crippen LogP contribution in [-0.4, -0.2) is 46.6 Å². The highest BCUT2D eigenvalue weighted by Gasteiger charge is 2.28. The largest absolute Gasteiger partial charge is 0.367 e. The average Bonchev–Trinajstić information content (AvgIpc) is 3.43. The third-order valence-electron chi connectivity index (χ3n) is 6.25. The summed E-state index contributed by atoms with van der Waals surface area (Å²) >= 11 is 0. The fraction of sp³-hybridized carbons (Fsp3) is 0.417. The van der Waals surface area contributed by atoms with Crippen molar-refractivity contribution in [2.45, 2.75) is 52.1 Å². The van der Waals surface area contributed by atoms with Gasteiger partial charge in [-0.1, -0.05) is 31.2 Å². The van der Waals surface area contributed by atoms with Crippen molar-refractivity contribution in [3.63, 3.8) is 0 Å². The molecule has 2 atom stereocenters. The number of ketones is 1. The van der Waals surface area contributed by atoms with Crippen LogP contribution in [-0.2, 0) is 27.5 Å². The third-order valence-corrected chi connectivity index (χ3v) is 6.72. The predicted molar refractivity (Wildman–Crippen MR) is 131 cm³/mol. The molecule has 0 saturated heterocycles. The van der Waals surface area contributed by atoms with Gasteiger partial charge in [0.05, 0.1) is 18.7 Å². The van der Waals surface area contributed by atoms with Gasteiger partial charge in [0, 0.05) is 17.9 Å². The van der Waals surface area contributed by atoms with Crippen LogP contribution < -0.4 is 10.5 Å². The van der Waals surface area contributed by atoms with Crippen molar-refractivity contribution in [3.8, 4) is 0 Å². The van der Waals surface area contributed by atoms with Gasteiger partial charge in [0.25, 0.3) is 0 Å².